The minimum atomic E-state index is -1.16. The molecule has 0 aliphatic rings. The highest BCUT2D eigenvalue weighted by atomic mass is 35.5. The summed E-state index contributed by atoms with van der Waals surface area (Å²) in [6, 6.07) is 9.62. The van der Waals surface area contributed by atoms with Crippen molar-refractivity contribution in [2.45, 2.75) is 6.54 Å². The number of furan rings is 1. The lowest BCUT2D eigenvalue weighted by atomic mass is 10.3. The van der Waals surface area contributed by atoms with Gasteiger partial charge in [-0.15, -0.1) is 0 Å². The highest BCUT2D eigenvalue weighted by molar-refractivity contribution is 6.32. The van der Waals surface area contributed by atoms with Crippen LogP contribution in [0, 0.1) is 0 Å². The molecule has 0 fully saturated rings. The first-order chi connectivity index (χ1) is 10.1. The number of hydrogen-bond acceptors (Lipinski definition) is 4. The molecule has 0 radical (unpaired) electrons. The fourth-order valence-electron chi connectivity index (χ4n) is 1.53. The summed E-state index contributed by atoms with van der Waals surface area (Å²) in [4.78, 5) is 22.2. The lowest BCUT2D eigenvalue weighted by molar-refractivity contribution is -0.123. The van der Waals surface area contributed by atoms with E-state index < -0.39 is 5.97 Å². The van der Waals surface area contributed by atoms with Gasteiger partial charge in [-0.1, -0.05) is 23.7 Å². The Hall–Kier alpha value is -2.47. The molecule has 0 unspecified atom stereocenters. The van der Waals surface area contributed by atoms with Crippen LogP contribution in [0.2, 0.25) is 5.02 Å². The van der Waals surface area contributed by atoms with Crippen LogP contribution in [0.1, 0.15) is 16.3 Å². The largest absolute Gasteiger partial charge is 0.482 e. The van der Waals surface area contributed by atoms with Gasteiger partial charge in [-0.2, -0.15) is 0 Å². The number of carboxylic acids is 1. The first-order valence-corrected chi connectivity index (χ1v) is 6.40. The van der Waals surface area contributed by atoms with Crippen molar-refractivity contribution in [3.63, 3.8) is 0 Å². The molecule has 21 heavy (non-hydrogen) atoms. The van der Waals surface area contributed by atoms with Crippen LogP contribution in [-0.4, -0.2) is 23.6 Å². The van der Waals surface area contributed by atoms with E-state index in [-0.39, 0.29) is 24.8 Å². The van der Waals surface area contributed by atoms with Gasteiger partial charge in [-0.05, 0) is 24.3 Å². The molecule has 2 aromatic rings. The smallest absolute Gasteiger partial charge is 0.371 e. The molecule has 7 heteroatoms. The number of nitrogens with one attached hydrogen (secondary N) is 1. The van der Waals surface area contributed by atoms with Crippen LogP contribution in [0.25, 0.3) is 0 Å². The van der Waals surface area contributed by atoms with Crippen LogP contribution in [0.15, 0.2) is 40.8 Å². The molecule has 110 valence electrons. The van der Waals surface area contributed by atoms with Crippen LogP contribution in [0.5, 0.6) is 5.75 Å². The van der Waals surface area contributed by atoms with E-state index in [1.165, 1.54) is 12.1 Å². The summed E-state index contributed by atoms with van der Waals surface area (Å²) in [5.74, 6) is -0.941. The maximum Gasteiger partial charge on any atom is 0.371 e. The Morgan fingerprint density at radius 3 is 2.67 bits per heavy atom. The summed E-state index contributed by atoms with van der Waals surface area (Å²) < 4.78 is 10.3. The second-order valence-electron chi connectivity index (χ2n) is 4.07. The summed E-state index contributed by atoms with van der Waals surface area (Å²) in [5.41, 5.74) is 0. The zero-order valence-corrected chi connectivity index (χ0v) is 11.6. The second-order valence-corrected chi connectivity index (χ2v) is 4.47. The molecule has 0 saturated carbocycles. The van der Waals surface area contributed by atoms with Crippen molar-refractivity contribution in [1.29, 1.82) is 0 Å². The van der Waals surface area contributed by atoms with E-state index in [4.69, 9.17) is 25.9 Å². The number of carbonyl (C=O) groups is 2. The van der Waals surface area contributed by atoms with Crippen molar-refractivity contribution in [1.82, 2.24) is 5.32 Å². The van der Waals surface area contributed by atoms with Gasteiger partial charge in [0, 0.05) is 0 Å². The average molecular weight is 310 g/mol. The summed E-state index contributed by atoms with van der Waals surface area (Å²) in [7, 11) is 0. The first-order valence-electron chi connectivity index (χ1n) is 6.02. The summed E-state index contributed by atoms with van der Waals surface area (Å²) in [6.07, 6.45) is 0. The quantitative estimate of drug-likeness (QED) is 0.855. The number of hydrogen-bond donors (Lipinski definition) is 2. The highest BCUT2D eigenvalue weighted by Gasteiger charge is 2.10. The normalized spacial score (nSPS) is 10.1. The van der Waals surface area contributed by atoms with Gasteiger partial charge in [0.2, 0.25) is 5.76 Å². The van der Waals surface area contributed by atoms with Gasteiger partial charge >= 0.3 is 5.97 Å². The molecule has 0 aliphatic carbocycles. The van der Waals surface area contributed by atoms with Gasteiger partial charge in [-0.25, -0.2) is 4.79 Å². The lowest BCUT2D eigenvalue weighted by Gasteiger charge is -2.07. The van der Waals surface area contributed by atoms with Crippen molar-refractivity contribution in [3.8, 4) is 5.75 Å². The minimum Gasteiger partial charge on any atom is -0.482 e. The number of benzene rings is 1. The Labute approximate surface area is 125 Å². The van der Waals surface area contributed by atoms with E-state index in [9.17, 15) is 9.59 Å². The van der Waals surface area contributed by atoms with Crippen LogP contribution in [0.4, 0.5) is 0 Å². The first kappa shape index (κ1) is 14.9. The Kier molecular flexibility index (Phi) is 4.84. The molecule has 0 aliphatic heterocycles. The molecule has 1 aromatic heterocycles. The van der Waals surface area contributed by atoms with E-state index in [1.54, 1.807) is 24.3 Å². The number of carboxylic acid groups (broad SMARTS) is 1. The monoisotopic (exact) mass is 309 g/mol. The SMILES string of the molecule is O=C(COc1ccccc1Cl)NCc1ccc(C(=O)O)o1. The standard InChI is InChI=1S/C14H12ClNO5/c15-10-3-1-2-4-11(10)20-8-13(17)16-7-9-5-6-12(21-9)14(18)19/h1-6H,7-8H2,(H,16,17)(H,18,19). The fraction of sp³-hybridized carbons (Fsp3) is 0.143. The number of amides is 1. The lowest BCUT2D eigenvalue weighted by Crippen LogP contribution is -2.28. The van der Waals surface area contributed by atoms with Gasteiger partial charge in [0.25, 0.3) is 5.91 Å². The Morgan fingerprint density at radius 2 is 2.00 bits per heavy atom. The number of para-hydroxylation sites is 1. The van der Waals surface area contributed by atoms with E-state index in [0.29, 0.717) is 16.5 Å². The van der Waals surface area contributed by atoms with Gasteiger partial charge in [-0.3, -0.25) is 4.79 Å². The fourth-order valence-corrected chi connectivity index (χ4v) is 1.72. The third kappa shape index (κ3) is 4.25. The van der Waals surface area contributed by atoms with Crippen molar-refractivity contribution < 1.29 is 23.8 Å². The zero-order chi connectivity index (χ0) is 15.2. The number of rotatable bonds is 6. The number of halogens is 1. The summed E-state index contributed by atoms with van der Waals surface area (Å²) >= 11 is 5.89. The maximum atomic E-state index is 11.6. The van der Waals surface area contributed by atoms with Gasteiger partial charge in [0.1, 0.15) is 11.5 Å². The van der Waals surface area contributed by atoms with Gasteiger partial charge in [0.05, 0.1) is 11.6 Å². The van der Waals surface area contributed by atoms with E-state index in [0.717, 1.165) is 0 Å². The molecule has 0 spiro atoms. The van der Waals surface area contributed by atoms with Crippen LogP contribution >= 0.6 is 11.6 Å². The number of carbonyl (C=O) groups excluding carboxylic acids is 1. The Morgan fingerprint density at radius 1 is 1.24 bits per heavy atom. The van der Waals surface area contributed by atoms with Crippen molar-refractivity contribution >= 4 is 23.5 Å². The van der Waals surface area contributed by atoms with Crippen molar-refractivity contribution in [2.75, 3.05) is 6.61 Å². The van der Waals surface area contributed by atoms with Crippen molar-refractivity contribution in [2.24, 2.45) is 0 Å². The van der Waals surface area contributed by atoms with E-state index >= 15 is 0 Å². The van der Waals surface area contributed by atoms with E-state index in [2.05, 4.69) is 5.32 Å². The van der Waals surface area contributed by atoms with Gasteiger partial charge < -0.3 is 19.6 Å². The molecule has 1 heterocycles. The van der Waals surface area contributed by atoms with Crippen molar-refractivity contribution in [3.05, 3.63) is 52.9 Å². The molecule has 0 atom stereocenters. The Bertz CT molecular complexity index is 652. The molecule has 0 bridgehead atoms. The van der Waals surface area contributed by atoms with E-state index in [1.807, 2.05) is 0 Å². The minimum absolute atomic E-state index is 0.0813. The van der Waals surface area contributed by atoms with Gasteiger partial charge in [0.15, 0.2) is 6.61 Å². The van der Waals surface area contributed by atoms with Crippen LogP contribution in [0.3, 0.4) is 0 Å². The third-order valence-electron chi connectivity index (χ3n) is 2.53. The third-order valence-corrected chi connectivity index (χ3v) is 2.84. The predicted octanol–water partition coefficient (Wildman–Crippen LogP) is 2.33. The van der Waals surface area contributed by atoms with Crippen LogP contribution < -0.4 is 10.1 Å². The molecule has 1 aromatic carbocycles. The predicted molar refractivity (Wildman–Crippen MR) is 74.5 cm³/mol. The number of ether oxygens (including phenoxy) is 1. The molecular weight excluding hydrogens is 298 g/mol. The topological polar surface area (TPSA) is 88.8 Å². The highest BCUT2D eigenvalue weighted by Crippen LogP contribution is 2.22. The molecule has 2 rings (SSSR count). The molecule has 1 amide bonds. The zero-order valence-electron chi connectivity index (χ0n) is 10.8. The molecule has 2 N–H and O–H groups in total. The summed E-state index contributed by atoms with van der Waals surface area (Å²) in [5, 5.41) is 11.7. The number of aromatic carboxylic acids is 1. The molecule has 0 saturated heterocycles. The second kappa shape index (κ2) is 6.81. The maximum absolute atomic E-state index is 11.6. The average Bonchev–Trinajstić information content (AvgIpc) is 2.93. The molecule has 6 nitrogen and oxygen atoms in total. The Balaban J connectivity index is 1.79. The molecular formula is C14H12ClNO5. The van der Waals surface area contributed by atoms with Crippen LogP contribution in [-0.2, 0) is 11.3 Å². The summed E-state index contributed by atoms with van der Waals surface area (Å²) in [6.45, 7) is -0.117.